The van der Waals surface area contributed by atoms with Crippen LogP contribution in [-0.2, 0) is 23.1 Å². The highest BCUT2D eigenvalue weighted by molar-refractivity contribution is 7.54. The molecule has 0 radical (unpaired) electrons. The SMILES string of the molecule is CCOC(=O)CCC(C)P(=O)(OCC)OCC. The number of hydrogen-bond donors (Lipinski definition) is 0. The fourth-order valence-corrected chi connectivity index (χ4v) is 3.12. The van der Waals surface area contributed by atoms with Crippen molar-refractivity contribution in [3.05, 3.63) is 0 Å². The summed E-state index contributed by atoms with van der Waals surface area (Å²) in [6.07, 6.45) is 0.676. The summed E-state index contributed by atoms with van der Waals surface area (Å²) in [6, 6.07) is 0. The van der Waals surface area contributed by atoms with Crippen LogP contribution in [0.3, 0.4) is 0 Å². The monoisotopic (exact) mass is 266 g/mol. The maximum Gasteiger partial charge on any atom is 0.333 e. The van der Waals surface area contributed by atoms with E-state index in [9.17, 15) is 9.36 Å². The van der Waals surface area contributed by atoms with Crippen LogP contribution in [0, 0.1) is 0 Å². The molecule has 0 aliphatic heterocycles. The van der Waals surface area contributed by atoms with E-state index in [1.165, 1.54) is 0 Å². The first-order valence-electron chi connectivity index (χ1n) is 6.04. The Morgan fingerprint density at radius 1 is 1.12 bits per heavy atom. The number of hydrogen-bond acceptors (Lipinski definition) is 5. The first kappa shape index (κ1) is 16.6. The first-order valence-corrected chi connectivity index (χ1v) is 7.65. The molecule has 0 amide bonds. The molecule has 0 N–H and O–H groups in total. The Morgan fingerprint density at radius 2 is 1.65 bits per heavy atom. The van der Waals surface area contributed by atoms with E-state index >= 15 is 0 Å². The molecule has 0 aromatic rings. The summed E-state index contributed by atoms with van der Waals surface area (Å²) in [5.74, 6) is -0.279. The normalized spacial score (nSPS) is 13.4. The molecule has 0 heterocycles. The number of esters is 1. The lowest BCUT2D eigenvalue weighted by atomic mass is 10.2. The highest BCUT2D eigenvalue weighted by Crippen LogP contribution is 2.54. The van der Waals surface area contributed by atoms with Gasteiger partial charge in [0, 0.05) is 6.42 Å². The number of rotatable bonds is 9. The summed E-state index contributed by atoms with van der Waals surface area (Å²) in [5.41, 5.74) is -0.299. The lowest BCUT2D eigenvalue weighted by molar-refractivity contribution is -0.143. The molecule has 5 nitrogen and oxygen atoms in total. The lowest BCUT2D eigenvalue weighted by Gasteiger charge is -2.22. The van der Waals surface area contributed by atoms with E-state index < -0.39 is 7.60 Å². The summed E-state index contributed by atoms with van der Waals surface area (Å²) < 4.78 is 27.5. The molecule has 0 fully saturated rings. The van der Waals surface area contributed by atoms with Gasteiger partial charge in [-0.05, 0) is 27.2 Å². The van der Waals surface area contributed by atoms with Crippen LogP contribution in [0.2, 0.25) is 0 Å². The van der Waals surface area contributed by atoms with Gasteiger partial charge in [-0.15, -0.1) is 0 Å². The maximum atomic E-state index is 12.3. The van der Waals surface area contributed by atoms with Gasteiger partial charge in [-0.3, -0.25) is 9.36 Å². The molecular formula is C11H23O5P. The zero-order chi connectivity index (χ0) is 13.3. The van der Waals surface area contributed by atoms with Crippen molar-refractivity contribution in [1.82, 2.24) is 0 Å². The zero-order valence-electron chi connectivity index (χ0n) is 11.1. The predicted molar refractivity (Wildman–Crippen MR) is 66.2 cm³/mol. The summed E-state index contributed by atoms with van der Waals surface area (Å²) in [5, 5.41) is 0. The van der Waals surface area contributed by atoms with Gasteiger partial charge in [0.15, 0.2) is 0 Å². The molecule has 0 aliphatic carbocycles. The van der Waals surface area contributed by atoms with E-state index in [1.807, 2.05) is 0 Å². The molecule has 0 bridgehead atoms. The highest BCUT2D eigenvalue weighted by Gasteiger charge is 2.31. The minimum Gasteiger partial charge on any atom is -0.466 e. The van der Waals surface area contributed by atoms with Gasteiger partial charge in [-0.25, -0.2) is 0 Å². The van der Waals surface area contributed by atoms with E-state index in [2.05, 4.69) is 0 Å². The van der Waals surface area contributed by atoms with E-state index in [-0.39, 0.29) is 18.0 Å². The van der Waals surface area contributed by atoms with Crippen molar-refractivity contribution in [1.29, 1.82) is 0 Å². The molecule has 0 saturated heterocycles. The van der Waals surface area contributed by atoms with Gasteiger partial charge in [0.2, 0.25) is 0 Å². The van der Waals surface area contributed by atoms with Gasteiger partial charge in [0.25, 0.3) is 0 Å². The minimum absolute atomic E-state index is 0.235. The molecule has 0 rings (SSSR count). The van der Waals surface area contributed by atoms with Gasteiger partial charge in [-0.2, -0.15) is 0 Å². The molecule has 0 aromatic heterocycles. The van der Waals surface area contributed by atoms with Crippen LogP contribution < -0.4 is 0 Å². The second kappa shape index (κ2) is 8.67. The molecule has 0 aliphatic rings. The standard InChI is InChI=1S/C11H23O5P/c1-5-14-11(12)9-8-10(4)17(13,15-6-2)16-7-3/h10H,5-9H2,1-4H3. The average molecular weight is 266 g/mol. The smallest absolute Gasteiger partial charge is 0.333 e. The van der Waals surface area contributed by atoms with Gasteiger partial charge in [0.1, 0.15) is 0 Å². The molecule has 0 aromatic carbocycles. The predicted octanol–water partition coefficient (Wildman–Crippen LogP) is 2.98. The molecule has 6 heteroatoms. The number of carbonyl (C=O) groups is 1. The molecule has 1 unspecified atom stereocenters. The van der Waals surface area contributed by atoms with E-state index in [4.69, 9.17) is 13.8 Å². The molecule has 0 spiro atoms. The fourth-order valence-electron chi connectivity index (χ4n) is 1.37. The Bertz CT molecular complexity index is 257. The topological polar surface area (TPSA) is 61.8 Å². The third-order valence-corrected chi connectivity index (χ3v) is 4.80. The Hall–Kier alpha value is -0.380. The summed E-state index contributed by atoms with van der Waals surface area (Å²) in [4.78, 5) is 11.2. The number of ether oxygens (including phenoxy) is 1. The van der Waals surface area contributed by atoms with Crippen molar-refractivity contribution in [2.75, 3.05) is 19.8 Å². The van der Waals surface area contributed by atoms with Crippen molar-refractivity contribution in [3.8, 4) is 0 Å². The first-order chi connectivity index (χ1) is 8.00. The van der Waals surface area contributed by atoms with Crippen LogP contribution in [0.4, 0.5) is 0 Å². The average Bonchev–Trinajstić information content (AvgIpc) is 2.27. The van der Waals surface area contributed by atoms with Gasteiger partial charge in [-0.1, -0.05) is 6.92 Å². The van der Waals surface area contributed by atoms with Crippen LogP contribution in [0.15, 0.2) is 0 Å². The van der Waals surface area contributed by atoms with Gasteiger partial charge >= 0.3 is 13.6 Å². The molecule has 1 atom stereocenters. The van der Waals surface area contributed by atoms with Crippen molar-refractivity contribution in [2.45, 2.75) is 46.2 Å². The maximum absolute atomic E-state index is 12.3. The van der Waals surface area contributed by atoms with Crippen molar-refractivity contribution in [3.63, 3.8) is 0 Å². The molecule has 17 heavy (non-hydrogen) atoms. The Kier molecular flexibility index (Phi) is 8.48. The van der Waals surface area contributed by atoms with Crippen LogP contribution in [0.25, 0.3) is 0 Å². The minimum atomic E-state index is -3.09. The molecule has 102 valence electrons. The van der Waals surface area contributed by atoms with Crippen LogP contribution >= 0.6 is 7.60 Å². The van der Waals surface area contributed by atoms with E-state index in [1.54, 1.807) is 27.7 Å². The quantitative estimate of drug-likeness (QED) is 0.474. The largest absolute Gasteiger partial charge is 0.466 e. The summed E-state index contributed by atoms with van der Waals surface area (Å²) in [7, 11) is -3.09. The Morgan fingerprint density at radius 3 is 2.06 bits per heavy atom. The second-order valence-electron chi connectivity index (χ2n) is 3.57. The summed E-state index contributed by atoms with van der Waals surface area (Å²) >= 11 is 0. The van der Waals surface area contributed by atoms with E-state index in [0.717, 1.165) is 0 Å². The molecule has 0 saturated carbocycles. The van der Waals surface area contributed by atoms with Crippen LogP contribution in [0.1, 0.15) is 40.5 Å². The second-order valence-corrected chi connectivity index (χ2v) is 6.05. The lowest BCUT2D eigenvalue weighted by Crippen LogP contribution is -2.13. The van der Waals surface area contributed by atoms with Crippen molar-refractivity contribution >= 4 is 13.6 Å². The third-order valence-electron chi connectivity index (χ3n) is 2.23. The van der Waals surface area contributed by atoms with Crippen molar-refractivity contribution in [2.24, 2.45) is 0 Å². The highest BCUT2D eigenvalue weighted by atomic mass is 31.2. The van der Waals surface area contributed by atoms with Crippen LogP contribution in [0.5, 0.6) is 0 Å². The van der Waals surface area contributed by atoms with Gasteiger partial charge < -0.3 is 13.8 Å². The zero-order valence-corrected chi connectivity index (χ0v) is 12.0. The summed E-state index contributed by atoms with van der Waals surface area (Å²) in [6.45, 7) is 8.09. The van der Waals surface area contributed by atoms with Crippen LogP contribution in [-0.4, -0.2) is 31.4 Å². The van der Waals surface area contributed by atoms with Gasteiger partial charge in [0.05, 0.1) is 25.5 Å². The Labute approximate surface area is 103 Å². The van der Waals surface area contributed by atoms with E-state index in [0.29, 0.717) is 26.2 Å². The third kappa shape index (κ3) is 6.20. The Balaban J connectivity index is 4.28. The van der Waals surface area contributed by atoms with Crippen molar-refractivity contribution < 1.29 is 23.1 Å². The fraction of sp³-hybridized carbons (Fsp3) is 0.909. The number of carbonyl (C=O) groups excluding carboxylic acids is 1. The molecular weight excluding hydrogens is 243 g/mol.